The van der Waals surface area contributed by atoms with E-state index in [-0.39, 0.29) is 16.2 Å². The van der Waals surface area contributed by atoms with Crippen molar-refractivity contribution in [2.75, 3.05) is 5.75 Å². The lowest BCUT2D eigenvalue weighted by molar-refractivity contribution is 0.0696. The molecule has 0 amide bonds. The van der Waals surface area contributed by atoms with Crippen LogP contribution in [0.3, 0.4) is 0 Å². The van der Waals surface area contributed by atoms with Gasteiger partial charge in [-0.15, -0.1) is 0 Å². The molecule has 0 spiro atoms. The Morgan fingerprint density at radius 2 is 2.00 bits per heavy atom. The van der Waals surface area contributed by atoms with Crippen molar-refractivity contribution in [2.45, 2.75) is 38.0 Å². The molecule has 0 atom stereocenters. The van der Waals surface area contributed by atoms with Crippen molar-refractivity contribution in [2.24, 2.45) is 5.41 Å². The first kappa shape index (κ1) is 17.2. The number of carboxylic acids is 1. The third-order valence-corrected chi connectivity index (χ3v) is 5.01. The van der Waals surface area contributed by atoms with E-state index >= 15 is 0 Å². The summed E-state index contributed by atoms with van der Waals surface area (Å²) in [7, 11) is -3.49. The van der Waals surface area contributed by atoms with E-state index in [0.29, 0.717) is 19.3 Å². The first-order valence-electron chi connectivity index (χ1n) is 6.65. The zero-order valence-corrected chi connectivity index (χ0v) is 13.0. The summed E-state index contributed by atoms with van der Waals surface area (Å²) in [5.41, 5.74) is -0.492. The van der Waals surface area contributed by atoms with Gasteiger partial charge in [0.2, 0.25) is 0 Å². The molecule has 21 heavy (non-hydrogen) atoms. The third-order valence-electron chi connectivity index (χ3n) is 3.21. The lowest BCUT2D eigenvalue weighted by Gasteiger charge is -2.14. The molecule has 0 saturated heterocycles. The van der Waals surface area contributed by atoms with Gasteiger partial charge in [-0.25, -0.2) is 13.2 Å². The van der Waals surface area contributed by atoms with E-state index in [1.807, 2.05) is 13.8 Å². The van der Waals surface area contributed by atoms with E-state index in [1.165, 1.54) is 24.3 Å². The molecule has 0 unspecified atom stereocenters. The largest absolute Gasteiger partial charge is 0.478 e. The SMILES string of the molecule is CC(C)(C#N)CCCCS(=O)(=O)c1cccc(C(=O)O)c1. The summed E-state index contributed by atoms with van der Waals surface area (Å²) in [6, 6.07) is 7.54. The van der Waals surface area contributed by atoms with E-state index in [4.69, 9.17) is 10.4 Å². The van der Waals surface area contributed by atoms with Gasteiger partial charge in [-0.3, -0.25) is 0 Å². The molecule has 0 aliphatic heterocycles. The van der Waals surface area contributed by atoms with Crippen molar-refractivity contribution in [3.63, 3.8) is 0 Å². The number of nitrogens with zero attached hydrogens (tertiary/aromatic N) is 1. The molecule has 1 aromatic rings. The Balaban J connectivity index is 2.69. The highest BCUT2D eigenvalue weighted by Gasteiger charge is 2.19. The zero-order chi connectivity index (χ0) is 16.1. The van der Waals surface area contributed by atoms with E-state index in [0.717, 1.165) is 0 Å². The van der Waals surface area contributed by atoms with Gasteiger partial charge in [0.25, 0.3) is 0 Å². The maximum atomic E-state index is 12.1. The van der Waals surface area contributed by atoms with Crippen LogP contribution in [0.25, 0.3) is 0 Å². The van der Waals surface area contributed by atoms with Crippen molar-refractivity contribution in [3.05, 3.63) is 29.8 Å². The molecule has 0 bridgehead atoms. The Morgan fingerprint density at radius 1 is 1.33 bits per heavy atom. The number of rotatable bonds is 7. The smallest absolute Gasteiger partial charge is 0.335 e. The Hall–Kier alpha value is -1.87. The van der Waals surface area contributed by atoms with Crippen LogP contribution >= 0.6 is 0 Å². The molecule has 1 aromatic carbocycles. The maximum Gasteiger partial charge on any atom is 0.335 e. The fourth-order valence-corrected chi connectivity index (χ4v) is 3.27. The normalized spacial score (nSPS) is 11.9. The van der Waals surface area contributed by atoms with E-state index < -0.39 is 21.2 Å². The van der Waals surface area contributed by atoms with Crippen LogP contribution in [0.4, 0.5) is 0 Å². The standard InChI is InChI=1S/C15H19NO4S/c1-15(2,11-16)8-3-4-9-21(19,20)13-7-5-6-12(10-13)14(17)18/h5-7,10H,3-4,8-9H2,1-2H3,(H,17,18). The molecule has 0 aliphatic rings. The maximum absolute atomic E-state index is 12.1. The number of sulfone groups is 1. The molecule has 0 heterocycles. The van der Waals surface area contributed by atoms with Gasteiger partial charge < -0.3 is 5.11 Å². The average molecular weight is 309 g/mol. The van der Waals surface area contributed by atoms with Gasteiger partial charge in [-0.05, 0) is 44.9 Å². The minimum atomic E-state index is -3.49. The van der Waals surface area contributed by atoms with Crippen LogP contribution in [0.5, 0.6) is 0 Å². The van der Waals surface area contributed by atoms with Crippen LogP contribution in [0, 0.1) is 16.7 Å². The van der Waals surface area contributed by atoms with Crippen LogP contribution in [0.15, 0.2) is 29.2 Å². The number of aromatic carboxylic acids is 1. The van der Waals surface area contributed by atoms with Gasteiger partial charge in [0.15, 0.2) is 9.84 Å². The van der Waals surface area contributed by atoms with E-state index in [2.05, 4.69) is 6.07 Å². The van der Waals surface area contributed by atoms with Crippen LogP contribution in [0.2, 0.25) is 0 Å². The Kier molecular flexibility index (Phi) is 5.50. The highest BCUT2D eigenvalue weighted by atomic mass is 32.2. The minimum absolute atomic E-state index is 0.0296. The first-order valence-corrected chi connectivity index (χ1v) is 8.30. The summed E-state index contributed by atoms with van der Waals surface area (Å²) in [6.45, 7) is 3.63. The van der Waals surface area contributed by atoms with Gasteiger partial charge in [0.05, 0.1) is 27.7 Å². The van der Waals surface area contributed by atoms with Gasteiger partial charge in [-0.2, -0.15) is 5.26 Å². The van der Waals surface area contributed by atoms with Gasteiger partial charge >= 0.3 is 5.97 Å². The van der Waals surface area contributed by atoms with Crippen molar-refractivity contribution in [1.29, 1.82) is 5.26 Å². The van der Waals surface area contributed by atoms with Crippen LogP contribution in [-0.2, 0) is 9.84 Å². The second-order valence-electron chi connectivity index (χ2n) is 5.60. The fourth-order valence-electron chi connectivity index (χ4n) is 1.86. The van der Waals surface area contributed by atoms with Gasteiger partial charge in [-0.1, -0.05) is 12.5 Å². The molecular weight excluding hydrogens is 290 g/mol. The Bertz CT molecular complexity index is 656. The second kappa shape index (κ2) is 6.72. The third kappa shape index (κ3) is 5.20. The average Bonchev–Trinajstić information content (AvgIpc) is 2.44. The molecule has 1 rings (SSSR count). The Labute approximate surface area is 125 Å². The lowest BCUT2D eigenvalue weighted by Crippen LogP contribution is -2.11. The van der Waals surface area contributed by atoms with Crippen molar-refractivity contribution in [3.8, 4) is 6.07 Å². The van der Waals surface area contributed by atoms with E-state index in [1.54, 1.807) is 0 Å². The summed E-state index contributed by atoms with van der Waals surface area (Å²) >= 11 is 0. The molecule has 114 valence electrons. The number of nitriles is 1. The van der Waals surface area contributed by atoms with Crippen LogP contribution < -0.4 is 0 Å². The summed E-state index contributed by atoms with van der Waals surface area (Å²) < 4.78 is 24.3. The highest BCUT2D eigenvalue weighted by Crippen LogP contribution is 2.22. The molecule has 0 aromatic heterocycles. The van der Waals surface area contributed by atoms with Crippen LogP contribution in [-0.4, -0.2) is 25.2 Å². The predicted molar refractivity (Wildman–Crippen MR) is 78.7 cm³/mol. The number of benzene rings is 1. The second-order valence-corrected chi connectivity index (χ2v) is 7.71. The van der Waals surface area contributed by atoms with Crippen molar-refractivity contribution >= 4 is 15.8 Å². The molecule has 0 radical (unpaired) electrons. The molecule has 5 nitrogen and oxygen atoms in total. The van der Waals surface area contributed by atoms with Crippen molar-refractivity contribution < 1.29 is 18.3 Å². The molecule has 0 fully saturated rings. The van der Waals surface area contributed by atoms with E-state index in [9.17, 15) is 13.2 Å². The molecule has 0 saturated carbocycles. The summed E-state index contributed by atoms with van der Waals surface area (Å²) in [5.74, 6) is -1.19. The quantitative estimate of drug-likeness (QED) is 0.781. The molecule has 0 aliphatic carbocycles. The summed E-state index contributed by atoms with van der Waals surface area (Å²) in [6.07, 6.45) is 1.72. The molecule has 6 heteroatoms. The Morgan fingerprint density at radius 3 is 2.57 bits per heavy atom. The zero-order valence-electron chi connectivity index (χ0n) is 12.2. The summed E-state index contributed by atoms with van der Waals surface area (Å²) in [5, 5.41) is 17.8. The van der Waals surface area contributed by atoms with Gasteiger partial charge in [0.1, 0.15) is 0 Å². The summed E-state index contributed by atoms with van der Waals surface area (Å²) in [4.78, 5) is 10.9. The van der Waals surface area contributed by atoms with Gasteiger partial charge in [0, 0.05) is 0 Å². The number of carboxylic acid groups (broad SMARTS) is 1. The number of unbranched alkanes of at least 4 members (excludes halogenated alkanes) is 1. The first-order chi connectivity index (χ1) is 9.68. The molecular formula is C15H19NO4S. The lowest BCUT2D eigenvalue weighted by atomic mass is 9.89. The number of hydrogen-bond donors (Lipinski definition) is 1. The minimum Gasteiger partial charge on any atom is -0.478 e. The fraction of sp³-hybridized carbons (Fsp3) is 0.467. The number of hydrogen-bond acceptors (Lipinski definition) is 4. The number of carbonyl (C=O) groups is 1. The monoisotopic (exact) mass is 309 g/mol. The topological polar surface area (TPSA) is 95.2 Å². The highest BCUT2D eigenvalue weighted by molar-refractivity contribution is 7.91. The van der Waals surface area contributed by atoms with Crippen molar-refractivity contribution in [1.82, 2.24) is 0 Å². The predicted octanol–water partition coefficient (Wildman–Crippen LogP) is 2.88. The van der Waals surface area contributed by atoms with Crippen LogP contribution in [0.1, 0.15) is 43.5 Å². The molecule has 1 N–H and O–H groups in total.